The van der Waals surface area contributed by atoms with E-state index in [4.69, 9.17) is 12.2 Å². The third kappa shape index (κ3) is 3.51. The van der Waals surface area contributed by atoms with Gasteiger partial charge in [-0.3, -0.25) is 0 Å². The molecule has 0 aromatic carbocycles. The monoisotopic (exact) mass is 200 g/mol. The molecule has 1 heterocycles. The highest BCUT2D eigenvalue weighted by Crippen LogP contribution is 2.15. The molecule has 1 fully saturated rings. The second kappa shape index (κ2) is 5.43. The van der Waals surface area contributed by atoms with Crippen LogP contribution in [0.4, 0.5) is 0 Å². The fraction of sp³-hybridized carbons (Fsp3) is 0.900. The molecule has 0 aliphatic carbocycles. The van der Waals surface area contributed by atoms with Gasteiger partial charge in [-0.25, -0.2) is 0 Å². The third-order valence-electron chi connectivity index (χ3n) is 2.60. The average molecular weight is 200 g/mol. The second-order valence-corrected chi connectivity index (χ2v) is 4.29. The Labute approximate surface area is 86.7 Å². The molecule has 0 radical (unpaired) electrons. The molecular weight excluding hydrogens is 180 g/mol. The number of hydrogen-bond acceptors (Lipinski definition) is 1. The standard InChI is InChI=1S/C10H20N2S/c1-3-6-11-10(13)12-7-4-9(2)5-8-12/h9H,3-8H2,1-2H3,(H,11,13). The maximum atomic E-state index is 5.29. The van der Waals surface area contributed by atoms with Crippen molar-refractivity contribution in [2.75, 3.05) is 19.6 Å². The SMILES string of the molecule is CCCNC(=S)N1CCC(C)CC1. The summed E-state index contributed by atoms with van der Waals surface area (Å²) in [4.78, 5) is 2.30. The third-order valence-corrected chi connectivity index (χ3v) is 3.00. The lowest BCUT2D eigenvalue weighted by Crippen LogP contribution is -2.44. The van der Waals surface area contributed by atoms with Crippen LogP contribution in [0.15, 0.2) is 0 Å². The largest absolute Gasteiger partial charge is 0.363 e. The number of nitrogens with one attached hydrogen (secondary N) is 1. The van der Waals surface area contributed by atoms with Crippen molar-refractivity contribution in [3.63, 3.8) is 0 Å². The van der Waals surface area contributed by atoms with Crippen LogP contribution >= 0.6 is 12.2 Å². The molecule has 0 saturated carbocycles. The summed E-state index contributed by atoms with van der Waals surface area (Å²) in [6.45, 7) is 7.76. The van der Waals surface area contributed by atoms with Gasteiger partial charge in [-0.05, 0) is 37.4 Å². The molecule has 0 spiro atoms. The van der Waals surface area contributed by atoms with Crippen molar-refractivity contribution in [1.29, 1.82) is 0 Å². The summed E-state index contributed by atoms with van der Waals surface area (Å²) in [5.74, 6) is 0.880. The number of hydrogen-bond donors (Lipinski definition) is 1. The van der Waals surface area contributed by atoms with Gasteiger partial charge >= 0.3 is 0 Å². The molecule has 0 amide bonds. The minimum Gasteiger partial charge on any atom is -0.363 e. The van der Waals surface area contributed by atoms with Gasteiger partial charge in [-0.15, -0.1) is 0 Å². The number of likely N-dealkylation sites (tertiary alicyclic amines) is 1. The smallest absolute Gasteiger partial charge is 0.168 e. The van der Waals surface area contributed by atoms with Crippen LogP contribution in [0.2, 0.25) is 0 Å². The van der Waals surface area contributed by atoms with Gasteiger partial charge in [0.25, 0.3) is 0 Å². The predicted molar refractivity (Wildman–Crippen MR) is 60.9 cm³/mol. The average Bonchev–Trinajstić information content (AvgIpc) is 2.15. The van der Waals surface area contributed by atoms with E-state index in [1.165, 1.54) is 12.8 Å². The molecule has 3 heteroatoms. The molecule has 0 bridgehead atoms. The van der Waals surface area contributed by atoms with Crippen molar-refractivity contribution in [1.82, 2.24) is 10.2 Å². The number of rotatable bonds is 2. The quantitative estimate of drug-likeness (QED) is 0.686. The number of piperidine rings is 1. The van der Waals surface area contributed by atoms with Gasteiger partial charge in [0.1, 0.15) is 0 Å². The van der Waals surface area contributed by atoms with E-state index in [2.05, 4.69) is 24.1 Å². The van der Waals surface area contributed by atoms with Gasteiger partial charge in [0.15, 0.2) is 5.11 Å². The van der Waals surface area contributed by atoms with E-state index in [0.29, 0.717) is 0 Å². The van der Waals surface area contributed by atoms with E-state index in [0.717, 1.165) is 37.1 Å². The minimum absolute atomic E-state index is 0.880. The summed E-state index contributed by atoms with van der Waals surface area (Å²) < 4.78 is 0. The van der Waals surface area contributed by atoms with Gasteiger partial charge in [-0.1, -0.05) is 13.8 Å². The lowest BCUT2D eigenvalue weighted by Gasteiger charge is -2.32. The van der Waals surface area contributed by atoms with Gasteiger partial charge in [0.2, 0.25) is 0 Å². The van der Waals surface area contributed by atoms with Crippen molar-refractivity contribution < 1.29 is 0 Å². The number of thiocarbonyl (C=S) groups is 1. The van der Waals surface area contributed by atoms with Gasteiger partial charge in [0.05, 0.1) is 0 Å². The van der Waals surface area contributed by atoms with Gasteiger partial charge < -0.3 is 10.2 Å². The van der Waals surface area contributed by atoms with E-state index in [1.54, 1.807) is 0 Å². The van der Waals surface area contributed by atoms with Crippen molar-refractivity contribution in [2.24, 2.45) is 5.92 Å². The van der Waals surface area contributed by atoms with Crippen LogP contribution in [0.5, 0.6) is 0 Å². The maximum Gasteiger partial charge on any atom is 0.168 e. The highest BCUT2D eigenvalue weighted by atomic mass is 32.1. The Morgan fingerprint density at radius 3 is 2.62 bits per heavy atom. The summed E-state index contributed by atoms with van der Waals surface area (Å²) in [6, 6.07) is 0. The van der Waals surface area contributed by atoms with Crippen molar-refractivity contribution in [3.05, 3.63) is 0 Å². The lowest BCUT2D eigenvalue weighted by molar-refractivity contribution is 0.278. The van der Waals surface area contributed by atoms with E-state index >= 15 is 0 Å². The maximum absolute atomic E-state index is 5.29. The summed E-state index contributed by atoms with van der Waals surface area (Å²) in [7, 11) is 0. The van der Waals surface area contributed by atoms with Crippen molar-refractivity contribution in [3.8, 4) is 0 Å². The first-order valence-electron chi connectivity index (χ1n) is 5.26. The zero-order chi connectivity index (χ0) is 9.68. The molecule has 1 aliphatic rings. The van der Waals surface area contributed by atoms with Crippen LogP contribution in [0.25, 0.3) is 0 Å². The molecule has 0 aromatic heterocycles. The second-order valence-electron chi connectivity index (χ2n) is 3.90. The molecule has 1 aliphatic heterocycles. The topological polar surface area (TPSA) is 15.3 Å². The lowest BCUT2D eigenvalue weighted by atomic mass is 10.00. The van der Waals surface area contributed by atoms with Crippen LogP contribution in [-0.4, -0.2) is 29.6 Å². The predicted octanol–water partition coefficient (Wildman–Crippen LogP) is 2.00. The molecule has 2 nitrogen and oxygen atoms in total. The first-order valence-corrected chi connectivity index (χ1v) is 5.67. The number of nitrogens with zero attached hydrogens (tertiary/aromatic N) is 1. The van der Waals surface area contributed by atoms with E-state index in [9.17, 15) is 0 Å². The zero-order valence-electron chi connectivity index (χ0n) is 8.68. The Hall–Kier alpha value is -0.310. The summed E-state index contributed by atoms with van der Waals surface area (Å²) in [5.41, 5.74) is 0. The Bertz CT molecular complexity index is 162. The van der Waals surface area contributed by atoms with Gasteiger partial charge in [-0.2, -0.15) is 0 Å². The Morgan fingerprint density at radius 1 is 1.46 bits per heavy atom. The molecule has 1 rings (SSSR count). The summed E-state index contributed by atoms with van der Waals surface area (Å²) >= 11 is 5.29. The molecular formula is C10H20N2S. The van der Waals surface area contributed by atoms with E-state index in [1.807, 2.05) is 0 Å². The summed E-state index contributed by atoms with van der Waals surface area (Å²) in [6.07, 6.45) is 3.71. The molecule has 1 saturated heterocycles. The molecule has 1 N–H and O–H groups in total. The Kier molecular flexibility index (Phi) is 4.50. The minimum atomic E-state index is 0.880. The Morgan fingerprint density at radius 2 is 2.08 bits per heavy atom. The fourth-order valence-corrected chi connectivity index (χ4v) is 1.84. The highest BCUT2D eigenvalue weighted by Gasteiger charge is 2.16. The summed E-state index contributed by atoms with van der Waals surface area (Å²) in [5, 5.41) is 4.23. The van der Waals surface area contributed by atoms with Crippen molar-refractivity contribution in [2.45, 2.75) is 33.1 Å². The Balaban J connectivity index is 2.23. The normalized spacial score (nSPS) is 18.8. The first kappa shape index (κ1) is 10.8. The van der Waals surface area contributed by atoms with Crippen LogP contribution in [0, 0.1) is 5.92 Å². The first-order chi connectivity index (χ1) is 6.24. The fourth-order valence-electron chi connectivity index (χ4n) is 1.56. The van der Waals surface area contributed by atoms with Crippen LogP contribution in [-0.2, 0) is 0 Å². The zero-order valence-corrected chi connectivity index (χ0v) is 9.49. The van der Waals surface area contributed by atoms with Gasteiger partial charge in [0, 0.05) is 19.6 Å². The molecule has 76 valence electrons. The van der Waals surface area contributed by atoms with Crippen LogP contribution < -0.4 is 5.32 Å². The van der Waals surface area contributed by atoms with Crippen LogP contribution in [0.1, 0.15) is 33.1 Å². The molecule has 0 atom stereocenters. The van der Waals surface area contributed by atoms with Crippen molar-refractivity contribution >= 4 is 17.3 Å². The molecule has 13 heavy (non-hydrogen) atoms. The molecule has 0 unspecified atom stereocenters. The van der Waals surface area contributed by atoms with E-state index in [-0.39, 0.29) is 0 Å². The van der Waals surface area contributed by atoms with Crippen LogP contribution in [0.3, 0.4) is 0 Å². The van der Waals surface area contributed by atoms with E-state index < -0.39 is 0 Å². The molecule has 0 aromatic rings. The highest BCUT2D eigenvalue weighted by molar-refractivity contribution is 7.80.